The fraction of sp³-hybridized carbons (Fsp3) is 0.100. The largest absolute Gasteiger partial charge is 0.415 e. The van der Waals surface area contributed by atoms with Gasteiger partial charge in [-0.25, -0.2) is 9.37 Å². The van der Waals surface area contributed by atoms with E-state index in [2.05, 4.69) is 30.6 Å². The van der Waals surface area contributed by atoms with Crippen LogP contribution in [0.15, 0.2) is 53.1 Å². The minimum Gasteiger partial charge on any atom is -0.415 e. The van der Waals surface area contributed by atoms with E-state index in [9.17, 15) is 13.2 Å². The lowest BCUT2D eigenvalue weighted by atomic mass is 10.1. The number of nitrogens with two attached hydrogens (primary N) is 1. The first-order valence-electron chi connectivity index (χ1n) is 9.31. The number of alkyl halides is 2. The maximum atomic E-state index is 14.6. The van der Waals surface area contributed by atoms with Crippen molar-refractivity contribution in [3.63, 3.8) is 0 Å². The lowest BCUT2D eigenvalue weighted by Gasteiger charge is -2.04. The molecule has 0 fully saturated rings. The Kier molecular flexibility index (Phi) is 4.73. The molecule has 2 N–H and O–H groups in total. The smallest absolute Gasteiger partial charge is 0.314 e. The predicted octanol–water partition coefficient (Wildman–Crippen LogP) is 3.65. The van der Waals surface area contributed by atoms with Crippen molar-refractivity contribution >= 4 is 16.6 Å². The third kappa shape index (κ3) is 3.62. The molecule has 0 aliphatic rings. The van der Waals surface area contributed by atoms with E-state index in [1.807, 2.05) is 18.2 Å². The summed E-state index contributed by atoms with van der Waals surface area (Å²) in [6.07, 6.45) is -1.29. The van der Waals surface area contributed by atoms with Crippen LogP contribution in [-0.4, -0.2) is 35.4 Å². The van der Waals surface area contributed by atoms with Crippen molar-refractivity contribution in [1.29, 1.82) is 0 Å². The minimum atomic E-state index is -2.90. The molecule has 32 heavy (non-hydrogen) atoms. The molecule has 9 nitrogen and oxygen atoms in total. The molecule has 0 radical (unpaired) electrons. The van der Waals surface area contributed by atoms with Gasteiger partial charge in [0.1, 0.15) is 11.6 Å². The standard InChI is InChI=1S/C20H13F3N8O/c21-15-8-12(19-27-28-20(32-19)16(22)23)1-2-13(15)9-31-29-18(26-30-31)11-3-4-14-10(7-11)5-6-25-17(14)24/h1-8,16H,9H2,(H2,24,25). The molecule has 5 aromatic rings. The van der Waals surface area contributed by atoms with E-state index in [1.54, 1.807) is 12.3 Å². The van der Waals surface area contributed by atoms with Crippen LogP contribution in [0.3, 0.4) is 0 Å². The van der Waals surface area contributed by atoms with Crippen LogP contribution in [0.1, 0.15) is 17.9 Å². The Balaban J connectivity index is 1.37. The molecule has 0 aliphatic heterocycles. The number of anilines is 1. The number of nitrogens with zero attached hydrogens (tertiary/aromatic N) is 7. The van der Waals surface area contributed by atoms with Crippen molar-refractivity contribution < 1.29 is 17.6 Å². The first-order chi connectivity index (χ1) is 15.5. The number of hydrogen-bond acceptors (Lipinski definition) is 8. The van der Waals surface area contributed by atoms with E-state index >= 15 is 0 Å². The summed E-state index contributed by atoms with van der Waals surface area (Å²) in [7, 11) is 0. The van der Waals surface area contributed by atoms with Crippen molar-refractivity contribution in [2.24, 2.45) is 0 Å². The normalized spacial score (nSPS) is 11.5. The number of hydrogen-bond donors (Lipinski definition) is 1. The SMILES string of the molecule is Nc1nccc2cc(-c3nnn(Cc4ccc(-c5nnc(C(F)F)o5)cc4F)n3)ccc12. The predicted molar refractivity (Wildman–Crippen MR) is 107 cm³/mol. The van der Waals surface area contributed by atoms with E-state index in [0.29, 0.717) is 11.6 Å². The lowest BCUT2D eigenvalue weighted by Crippen LogP contribution is -2.06. The number of aromatic nitrogens is 7. The van der Waals surface area contributed by atoms with Gasteiger partial charge in [-0.15, -0.1) is 20.4 Å². The van der Waals surface area contributed by atoms with Crippen molar-refractivity contribution in [2.45, 2.75) is 13.0 Å². The molecule has 2 aromatic carbocycles. The molecule has 0 unspecified atom stereocenters. The molecular weight excluding hydrogens is 425 g/mol. The third-order valence-electron chi connectivity index (χ3n) is 4.75. The fourth-order valence-electron chi connectivity index (χ4n) is 3.17. The third-order valence-corrected chi connectivity index (χ3v) is 4.75. The summed E-state index contributed by atoms with van der Waals surface area (Å²) in [6.45, 7) is 0.00960. The molecule has 5 rings (SSSR count). The molecule has 0 saturated carbocycles. The highest BCUT2D eigenvalue weighted by Gasteiger charge is 2.18. The second-order valence-electron chi connectivity index (χ2n) is 6.83. The summed E-state index contributed by atoms with van der Waals surface area (Å²) >= 11 is 0. The summed E-state index contributed by atoms with van der Waals surface area (Å²) in [5.41, 5.74) is 7.04. The molecular formula is C20H13F3N8O. The second kappa shape index (κ2) is 7.72. The molecule has 3 aromatic heterocycles. The summed E-state index contributed by atoms with van der Waals surface area (Å²) < 4.78 is 44.6. The average molecular weight is 438 g/mol. The van der Waals surface area contributed by atoms with E-state index in [-0.39, 0.29) is 23.6 Å². The van der Waals surface area contributed by atoms with Crippen LogP contribution in [0.2, 0.25) is 0 Å². The van der Waals surface area contributed by atoms with Gasteiger partial charge in [0, 0.05) is 28.3 Å². The zero-order valence-electron chi connectivity index (χ0n) is 16.2. The fourth-order valence-corrected chi connectivity index (χ4v) is 3.17. The Labute approximate surface area is 177 Å². The van der Waals surface area contributed by atoms with Gasteiger partial charge in [-0.1, -0.05) is 12.1 Å². The molecule has 0 spiro atoms. The molecule has 0 amide bonds. The van der Waals surface area contributed by atoms with E-state index in [0.717, 1.165) is 22.4 Å². The minimum absolute atomic E-state index is 0.00960. The topological polar surface area (TPSA) is 121 Å². The molecule has 12 heteroatoms. The molecule has 3 heterocycles. The molecule has 0 aliphatic carbocycles. The van der Waals surface area contributed by atoms with E-state index in [4.69, 9.17) is 10.2 Å². The van der Waals surface area contributed by atoms with Crippen LogP contribution < -0.4 is 5.73 Å². The number of fused-ring (bicyclic) bond motifs is 1. The van der Waals surface area contributed by atoms with Gasteiger partial charge >= 0.3 is 6.43 Å². The molecule has 0 atom stereocenters. The van der Waals surface area contributed by atoms with E-state index < -0.39 is 18.1 Å². The van der Waals surface area contributed by atoms with Crippen molar-refractivity contribution in [2.75, 3.05) is 5.73 Å². The summed E-state index contributed by atoms with van der Waals surface area (Å²) in [6, 6.07) is 11.4. The molecule has 0 saturated heterocycles. The number of nitrogen functional groups attached to an aromatic ring is 1. The van der Waals surface area contributed by atoms with Gasteiger partial charge in [-0.05, 0) is 40.9 Å². The zero-order chi connectivity index (χ0) is 22.2. The van der Waals surface area contributed by atoms with Crippen LogP contribution in [0.5, 0.6) is 0 Å². The maximum absolute atomic E-state index is 14.6. The highest BCUT2D eigenvalue weighted by molar-refractivity contribution is 5.93. The van der Waals surface area contributed by atoms with Crippen molar-refractivity contribution in [1.82, 2.24) is 35.4 Å². The first-order valence-corrected chi connectivity index (χ1v) is 9.31. The highest BCUT2D eigenvalue weighted by atomic mass is 19.3. The Morgan fingerprint density at radius 2 is 1.84 bits per heavy atom. The van der Waals surface area contributed by atoms with E-state index in [1.165, 1.54) is 16.9 Å². The zero-order valence-corrected chi connectivity index (χ0v) is 16.2. The Morgan fingerprint density at radius 1 is 1.00 bits per heavy atom. The van der Waals surface area contributed by atoms with Crippen LogP contribution in [0.25, 0.3) is 33.6 Å². The Bertz CT molecular complexity index is 1430. The van der Waals surface area contributed by atoms with Crippen LogP contribution in [0, 0.1) is 5.82 Å². The van der Waals surface area contributed by atoms with Gasteiger partial charge in [-0.2, -0.15) is 13.6 Å². The highest BCUT2D eigenvalue weighted by Crippen LogP contribution is 2.26. The number of halogens is 3. The van der Waals surface area contributed by atoms with Crippen molar-refractivity contribution in [3.8, 4) is 22.8 Å². The average Bonchev–Trinajstić information content (AvgIpc) is 3.45. The Morgan fingerprint density at radius 3 is 2.62 bits per heavy atom. The summed E-state index contributed by atoms with van der Waals surface area (Å²) in [4.78, 5) is 5.30. The number of tetrazole rings is 1. The van der Waals surface area contributed by atoms with Crippen LogP contribution in [-0.2, 0) is 6.54 Å². The van der Waals surface area contributed by atoms with Gasteiger partial charge in [0.2, 0.25) is 11.7 Å². The molecule has 160 valence electrons. The summed E-state index contributed by atoms with van der Waals surface area (Å²) in [5, 5.41) is 20.8. The van der Waals surface area contributed by atoms with Gasteiger partial charge in [0.05, 0.1) is 6.54 Å². The van der Waals surface area contributed by atoms with Crippen LogP contribution in [0.4, 0.5) is 19.0 Å². The maximum Gasteiger partial charge on any atom is 0.314 e. The van der Waals surface area contributed by atoms with Crippen LogP contribution >= 0.6 is 0 Å². The monoisotopic (exact) mass is 438 g/mol. The van der Waals surface area contributed by atoms with Gasteiger partial charge in [0.15, 0.2) is 0 Å². The molecule has 0 bridgehead atoms. The summed E-state index contributed by atoms with van der Waals surface area (Å²) in [5.74, 6) is -0.831. The van der Waals surface area contributed by atoms with Gasteiger partial charge in [-0.3, -0.25) is 0 Å². The van der Waals surface area contributed by atoms with Crippen molar-refractivity contribution in [3.05, 3.63) is 65.9 Å². The number of pyridine rings is 1. The lowest BCUT2D eigenvalue weighted by molar-refractivity contribution is 0.116. The first kappa shape index (κ1) is 19.6. The van der Waals surface area contributed by atoms with Gasteiger partial charge < -0.3 is 10.2 Å². The number of rotatable bonds is 5. The quantitative estimate of drug-likeness (QED) is 0.441. The number of benzene rings is 2. The van der Waals surface area contributed by atoms with Gasteiger partial charge in [0.25, 0.3) is 5.89 Å². The Hall–Kier alpha value is -4.35. The second-order valence-corrected chi connectivity index (χ2v) is 6.83.